The van der Waals surface area contributed by atoms with E-state index in [1.807, 2.05) is 0 Å². The van der Waals surface area contributed by atoms with Crippen LogP contribution in [0, 0.1) is 5.82 Å². The molecule has 0 N–H and O–H groups in total. The molecule has 0 unspecified atom stereocenters. The summed E-state index contributed by atoms with van der Waals surface area (Å²) in [7, 11) is 0. The van der Waals surface area contributed by atoms with E-state index in [1.165, 1.54) is 23.2 Å². The molecule has 3 aromatic heterocycles. The maximum atomic E-state index is 14.7. The van der Waals surface area contributed by atoms with Crippen LogP contribution in [0.5, 0.6) is 0 Å². The fraction of sp³-hybridized carbons (Fsp3) is 0.312. The quantitative estimate of drug-likeness (QED) is 0.590. The second-order valence-electron chi connectivity index (χ2n) is 6.56. The van der Waals surface area contributed by atoms with Crippen molar-refractivity contribution in [3.8, 4) is 0 Å². The minimum Gasteiger partial charge on any atom is -0.443 e. The lowest BCUT2D eigenvalue weighted by Gasteiger charge is -2.27. The van der Waals surface area contributed by atoms with Crippen LogP contribution in [0.25, 0.3) is 5.52 Å². The van der Waals surface area contributed by atoms with Crippen molar-refractivity contribution in [2.24, 2.45) is 0 Å². The third-order valence-electron chi connectivity index (χ3n) is 3.32. The number of amides is 1. The molecule has 142 valence electrons. The van der Waals surface area contributed by atoms with Crippen molar-refractivity contribution < 1.29 is 13.9 Å². The molecular weight excluding hydrogens is 443 g/mol. The van der Waals surface area contributed by atoms with Crippen LogP contribution in [0.3, 0.4) is 0 Å². The summed E-state index contributed by atoms with van der Waals surface area (Å²) in [5, 5.41) is 3.78. The molecule has 0 aliphatic rings. The Morgan fingerprint density at radius 3 is 2.81 bits per heavy atom. The van der Waals surface area contributed by atoms with Crippen molar-refractivity contribution in [1.29, 1.82) is 0 Å². The van der Waals surface area contributed by atoms with Gasteiger partial charge < -0.3 is 4.74 Å². The number of fused-ring (bicyclic) bond motifs is 1. The van der Waals surface area contributed by atoms with Crippen LogP contribution in [-0.2, 0) is 11.3 Å². The molecule has 0 saturated heterocycles. The lowest BCUT2D eigenvalue weighted by atomic mass is 10.2. The first kappa shape index (κ1) is 19.4. The molecule has 0 saturated carbocycles. The molecule has 3 aromatic rings. The van der Waals surface area contributed by atoms with Crippen LogP contribution in [0.15, 0.2) is 29.3 Å². The molecule has 0 aromatic carbocycles. The highest BCUT2D eigenvalue weighted by Gasteiger charge is 2.29. The van der Waals surface area contributed by atoms with Gasteiger partial charge in [0.2, 0.25) is 5.28 Å². The molecule has 0 bridgehead atoms. The average Bonchev–Trinajstić information content (AvgIpc) is 2.85. The molecule has 0 atom stereocenters. The van der Waals surface area contributed by atoms with Gasteiger partial charge in [-0.15, -0.1) is 5.10 Å². The SMILES string of the molecule is CC(C)(C)OC(=O)N(Cc1ccncn1)c1nc(Cl)nn2cc(Br)c(F)c12. The van der Waals surface area contributed by atoms with Crippen molar-refractivity contribution >= 4 is 45.0 Å². The van der Waals surface area contributed by atoms with Crippen LogP contribution < -0.4 is 4.90 Å². The second kappa shape index (κ2) is 7.35. The Morgan fingerprint density at radius 2 is 2.19 bits per heavy atom. The summed E-state index contributed by atoms with van der Waals surface area (Å²) in [5.41, 5.74) is -0.282. The Kier molecular flexibility index (Phi) is 5.29. The van der Waals surface area contributed by atoms with E-state index < -0.39 is 17.5 Å². The Labute approximate surface area is 167 Å². The number of hydrogen-bond donors (Lipinski definition) is 0. The van der Waals surface area contributed by atoms with E-state index in [0.29, 0.717) is 5.69 Å². The number of rotatable bonds is 3. The number of ether oxygens (including phenoxy) is 1. The van der Waals surface area contributed by atoms with Gasteiger partial charge in [0.15, 0.2) is 11.6 Å². The Hall–Kier alpha value is -2.33. The van der Waals surface area contributed by atoms with Gasteiger partial charge in [-0.3, -0.25) is 4.90 Å². The summed E-state index contributed by atoms with van der Waals surface area (Å²) in [4.78, 5) is 26.0. The number of carbonyl (C=O) groups excluding carboxylic acids is 1. The van der Waals surface area contributed by atoms with Gasteiger partial charge in [-0.1, -0.05) is 0 Å². The van der Waals surface area contributed by atoms with Crippen molar-refractivity contribution in [3.63, 3.8) is 0 Å². The Bertz CT molecular complexity index is 992. The minimum absolute atomic E-state index is 0.0220. The molecule has 8 nitrogen and oxygen atoms in total. The van der Waals surface area contributed by atoms with E-state index in [-0.39, 0.29) is 27.6 Å². The molecule has 0 radical (unpaired) electrons. The number of nitrogens with zero attached hydrogens (tertiary/aromatic N) is 6. The average molecular weight is 458 g/mol. The number of hydrogen-bond acceptors (Lipinski definition) is 6. The predicted molar refractivity (Wildman–Crippen MR) is 100 cm³/mol. The number of aromatic nitrogens is 5. The maximum Gasteiger partial charge on any atom is 0.416 e. The number of carbonyl (C=O) groups is 1. The first-order valence-electron chi connectivity index (χ1n) is 7.81. The Balaban J connectivity index is 2.15. The van der Waals surface area contributed by atoms with Crippen molar-refractivity contribution in [3.05, 3.63) is 46.1 Å². The van der Waals surface area contributed by atoms with Crippen molar-refractivity contribution in [2.45, 2.75) is 32.9 Å². The molecular formula is C16H15BrClFN6O2. The van der Waals surface area contributed by atoms with E-state index >= 15 is 0 Å². The van der Waals surface area contributed by atoms with E-state index in [1.54, 1.807) is 26.8 Å². The zero-order valence-corrected chi connectivity index (χ0v) is 17.0. The summed E-state index contributed by atoms with van der Waals surface area (Å²) in [5.74, 6) is -0.663. The van der Waals surface area contributed by atoms with E-state index in [0.717, 1.165) is 4.90 Å². The third kappa shape index (κ3) is 4.33. The topological polar surface area (TPSA) is 85.5 Å². The van der Waals surface area contributed by atoms with E-state index in [2.05, 4.69) is 36.0 Å². The molecule has 1 amide bonds. The third-order valence-corrected chi connectivity index (χ3v) is 4.03. The van der Waals surface area contributed by atoms with E-state index in [9.17, 15) is 9.18 Å². The second-order valence-corrected chi connectivity index (χ2v) is 7.75. The maximum absolute atomic E-state index is 14.7. The highest BCUT2D eigenvalue weighted by molar-refractivity contribution is 9.10. The summed E-state index contributed by atoms with van der Waals surface area (Å²) >= 11 is 9.09. The van der Waals surface area contributed by atoms with Crippen molar-refractivity contribution in [1.82, 2.24) is 24.6 Å². The van der Waals surface area contributed by atoms with Gasteiger partial charge in [-0.2, -0.15) is 4.98 Å². The highest BCUT2D eigenvalue weighted by Crippen LogP contribution is 2.30. The molecule has 27 heavy (non-hydrogen) atoms. The van der Waals surface area contributed by atoms with Crippen LogP contribution in [-0.4, -0.2) is 36.3 Å². The van der Waals surface area contributed by atoms with E-state index in [4.69, 9.17) is 16.3 Å². The zero-order chi connectivity index (χ0) is 19.8. The van der Waals surface area contributed by atoms with Gasteiger partial charge in [0.1, 0.15) is 17.4 Å². The molecule has 3 rings (SSSR count). The minimum atomic E-state index is -0.769. The van der Waals surface area contributed by atoms with Crippen LogP contribution in [0.4, 0.5) is 15.0 Å². The van der Waals surface area contributed by atoms with Gasteiger partial charge in [-0.05, 0) is 54.4 Å². The Morgan fingerprint density at radius 1 is 1.44 bits per heavy atom. The fourth-order valence-electron chi connectivity index (χ4n) is 2.28. The van der Waals surface area contributed by atoms with Gasteiger partial charge in [0.25, 0.3) is 0 Å². The highest BCUT2D eigenvalue weighted by atomic mass is 79.9. The number of halogens is 3. The number of anilines is 1. The first-order valence-corrected chi connectivity index (χ1v) is 8.98. The molecule has 3 heterocycles. The molecule has 11 heteroatoms. The lowest BCUT2D eigenvalue weighted by Crippen LogP contribution is -2.37. The zero-order valence-electron chi connectivity index (χ0n) is 14.7. The molecule has 0 spiro atoms. The molecule has 0 fully saturated rings. The lowest BCUT2D eigenvalue weighted by molar-refractivity contribution is 0.0576. The smallest absolute Gasteiger partial charge is 0.416 e. The molecule has 0 aliphatic carbocycles. The first-order chi connectivity index (χ1) is 12.7. The fourth-order valence-corrected chi connectivity index (χ4v) is 2.82. The summed E-state index contributed by atoms with van der Waals surface area (Å²) in [6.45, 7) is 5.16. The van der Waals surface area contributed by atoms with Gasteiger partial charge in [0.05, 0.1) is 16.7 Å². The van der Waals surface area contributed by atoms with Crippen LogP contribution >= 0.6 is 27.5 Å². The van der Waals surface area contributed by atoms with Gasteiger partial charge in [0, 0.05) is 12.4 Å². The monoisotopic (exact) mass is 456 g/mol. The van der Waals surface area contributed by atoms with Gasteiger partial charge in [-0.25, -0.2) is 23.7 Å². The predicted octanol–water partition coefficient (Wildman–Crippen LogP) is 4.02. The molecule has 0 aliphatic heterocycles. The summed E-state index contributed by atoms with van der Waals surface area (Å²) in [6.07, 6.45) is 3.54. The van der Waals surface area contributed by atoms with Crippen LogP contribution in [0.1, 0.15) is 26.5 Å². The van der Waals surface area contributed by atoms with Crippen molar-refractivity contribution in [2.75, 3.05) is 4.90 Å². The van der Waals surface area contributed by atoms with Gasteiger partial charge >= 0.3 is 6.09 Å². The summed E-state index contributed by atoms with van der Waals surface area (Å²) in [6, 6.07) is 1.63. The standard InChI is InChI=1S/C16H15BrClFN6O2/c1-16(2,3)27-15(26)24(6-9-4-5-20-8-21-9)13-12-11(19)10(17)7-25(12)23-14(18)22-13/h4-5,7-8H,6H2,1-3H3. The largest absolute Gasteiger partial charge is 0.443 e. The van der Waals surface area contributed by atoms with Crippen LogP contribution in [0.2, 0.25) is 5.28 Å². The normalized spacial score (nSPS) is 11.6. The summed E-state index contributed by atoms with van der Waals surface area (Å²) < 4.78 is 21.5.